The second-order valence-corrected chi connectivity index (χ2v) is 4.49. The van der Waals surface area contributed by atoms with Crippen LogP contribution in [0.4, 0.5) is 0 Å². The van der Waals surface area contributed by atoms with Crippen LogP contribution in [0, 0.1) is 0 Å². The Hall–Kier alpha value is -1.02. The summed E-state index contributed by atoms with van der Waals surface area (Å²) in [5.74, 6) is 0.139. The van der Waals surface area contributed by atoms with Gasteiger partial charge in [0, 0.05) is 0 Å². The molecule has 0 aliphatic heterocycles. The summed E-state index contributed by atoms with van der Waals surface area (Å²) in [7, 11) is 0. The van der Waals surface area contributed by atoms with Crippen molar-refractivity contribution in [3.63, 3.8) is 0 Å². The van der Waals surface area contributed by atoms with Crippen LogP contribution in [0.2, 0.25) is 5.02 Å². The molecule has 0 spiro atoms. The SMILES string of the molecule is NC(=O)c1cc(C2CCCC2)ccc1Cl. The molecule has 15 heavy (non-hydrogen) atoms. The number of carbonyl (C=O) groups is 1. The molecule has 1 aliphatic carbocycles. The zero-order valence-corrected chi connectivity index (χ0v) is 9.26. The summed E-state index contributed by atoms with van der Waals surface area (Å²) in [4.78, 5) is 11.1. The van der Waals surface area contributed by atoms with Gasteiger partial charge in [0.2, 0.25) is 5.91 Å². The predicted molar refractivity (Wildman–Crippen MR) is 61.2 cm³/mol. The van der Waals surface area contributed by atoms with E-state index in [1.54, 1.807) is 6.07 Å². The van der Waals surface area contributed by atoms with Crippen LogP contribution in [0.15, 0.2) is 18.2 Å². The highest BCUT2D eigenvalue weighted by atomic mass is 35.5. The normalized spacial score (nSPS) is 16.9. The quantitative estimate of drug-likeness (QED) is 0.823. The molecule has 80 valence electrons. The van der Waals surface area contributed by atoms with Crippen molar-refractivity contribution in [2.24, 2.45) is 5.73 Å². The van der Waals surface area contributed by atoms with Crippen LogP contribution in [-0.4, -0.2) is 5.91 Å². The molecule has 0 atom stereocenters. The zero-order valence-electron chi connectivity index (χ0n) is 8.50. The average molecular weight is 224 g/mol. The van der Waals surface area contributed by atoms with E-state index in [0.717, 1.165) is 0 Å². The molecule has 1 aliphatic rings. The number of amides is 1. The Balaban J connectivity index is 2.33. The molecule has 1 saturated carbocycles. The largest absolute Gasteiger partial charge is 0.366 e. The standard InChI is InChI=1S/C12H14ClNO/c13-11-6-5-9(7-10(11)12(14)15)8-3-1-2-4-8/h5-8H,1-4H2,(H2,14,15). The minimum absolute atomic E-state index is 0.445. The van der Waals surface area contributed by atoms with Crippen molar-refractivity contribution >= 4 is 17.5 Å². The highest BCUT2D eigenvalue weighted by Crippen LogP contribution is 2.35. The number of benzene rings is 1. The molecule has 1 fully saturated rings. The van der Waals surface area contributed by atoms with E-state index in [1.165, 1.54) is 31.2 Å². The first-order chi connectivity index (χ1) is 7.18. The third-order valence-corrected chi connectivity index (χ3v) is 3.41. The van der Waals surface area contributed by atoms with Gasteiger partial charge in [0.25, 0.3) is 0 Å². The number of halogens is 1. The van der Waals surface area contributed by atoms with Gasteiger partial charge in [0.05, 0.1) is 10.6 Å². The maximum absolute atomic E-state index is 11.1. The van der Waals surface area contributed by atoms with Crippen LogP contribution < -0.4 is 5.73 Å². The number of carbonyl (C=O) groups excluding carboxylic acids is 1. The van der Waals surface area contributed by atoms with Gasteiger partial charge in [0.15, 0.2) is 0 Å². The summed E-state index contributed by atoms with van der Waals surface area (Å²) in [5.41, 5.74) is 6.90. The molecule has 1 aromatic rings. The van der Waals surface area contributed by atoms with Crippen molar-refractivity contribution in [2.45, 2.75) is 31.6 Å². The Bertz CT molecular complexity index is 383. The van der Waals surface area contributed by atoms with Crippen LogP contribution in [0.25, 0.3) is 0 Å². The maximum Gasteiger partial charge on any atom is 0.250 e. The predicted octanol–water partition coefficient (Wildman–Crippen LogP) is 3.10. The van der Waals surface area contributed by atoms with E-state index in [2.05, 4.69) is 0 Å². The van der Waals surface area contributed by atoms with E-state index in [0.29, 0.717) is 16.5 Å². The van der Waals surface area contributed by atoms with Gasteiger partial charge in [-0.1, -0.05) is 30.5 Å². The van der Waals surface area contributed by atoms with E-state index in [4.69, 9.17) is 17.3 Å². The summed E-state index contributed by atoms with van der Waals surface area (Å²) in [5, 5.41) is 0.448. The van der Waals surface area contributed by atoms with Gasteiger partial charge in [-0.25, -0.2) is 0 Å². The second-order valence-electron chi connectivity index (χ2n) is 4.08. The first-order valence-corrected chi connectivity index (χ1v) is 5.65. The van der Waals surface area contributed by atoms with Crippen molar-refractivity contribution in [1.82, 2.24) is 0 Å². The summed E-state index contributed by atoms with van der Waals surface area (Å²) >= 11 is 5.90. The molecule has 0 bridgehead atoms. The molecule has 2 rings (SSSR count). The van der Waals surface area contributed by atoms with Gasteiger partial charge in [-0.2, -0.15) is 0 Å². The maximum atomic E-state index is 11.1. The van der Waals surface area contributed by atoms with Gasteiger partial charge >= 0.3 is 0 Å². The summed E-state index contributed by atoms with van der Waals surface area (Å²) in [6.45, 7) is 0. The summed E-state index contributed by atoms with van der Waals surface area (Å²) in [6, 6.07) is 5.63. The van der Waals surface area contributed by atoms with E-state index in [9.17, 15) is 4.79 Å². The third-order valence-electron chi connectivity index (χ3n) is 3.08. The molecule has 0 unspecified atom stereocenters. The van der Waals surface area contributed by atoms with E-state index in [-0.39, 0.29) is 0 Å². The summed E-state index contributed by atoms with van der Waals surface area (Å²) < 4.78 is 0. The molecule has 2 nitrogen and oxygen atoms in total. The molecular formula is C12H14ClNO. The minimum atomic E-state index is -0.445. The highest BCUT2D eigenvalue weighted by molar-refractivity contribution is 6.33. The topological polar surface area (TPSA) is 43.1 Å². The number of rotatable bonds is 2. The molecular weight excluding hydrogens is 210 g/mol. The lowest BCUT2D eigenvalue weighted by Crippen LogP contribution is -2.12. The monoisotopic (exact) mass is 223 g/mol. The molecule has 0 heterocycles. The van der Waals surface area contributed by atoms with Crippen LogP contribution in [0.5, 0.6) is 0 Å². The van der Waals surface area contributed by atoms with Gasteiger partial charge < -0.3 is 5.73 Å². The van der Waals surface area contributed by atoms with Crippen molar-refractivity contribution < 1.29 is 4.79 Å². The van der Waals surface area contributed by atoms with Crippen LogP contribution in [-0.2, 0) is 0 Å². The number of nitrogens with two attached hydrogens (primary N) is 1. The molecule has 0 saturated heterocycles. The zero-order chi connectivity index (χ0) is 10.8. The van der Waals surface area contributed by atoms with E-state index < -0.39 is 5.91 Å². The Kier molecular flexibility index (Phi) is 2.96. The Morgan fingerprint density at radius 1 is 1.33 bits per heavy atom. The second kappa shape index (κ2) is 4.23. The van der Waals surface area contributed by atoms with Gasteiger partial charge in [-0.15, -0.1) is 0 Å². The lowest BCUT2D eigenvalue weighted by Gasteiger charge is -2.11. The van der Waals surface area contributed by atoms with Crippen LogP contribution in [0.3, 0.4) is 0 Å². The lowest BCUT2D eigenvalue weighted by atomic mass is 9.96. The van der Waals surface area contributed by atoms with E-state index in [1.807, 2.05) is 12.1 Å². The summed E-state index contributed by atoms with van der Waals surface area (Å²) in [6.07, 6.45) is 4.97. The van der Waals surface area contributed by atoms with Crippen molar-refractivity contribution in [3.05, 3.63) is 34.3 Å². The number of primary amides is 1. The fourth-order valence-corrected chi connectivity index (χ4v) is 2.46. The Labute approximate surface area is 94.4 Å². The lowest BCUT2D eigenvalue weighted by molar-refractivity contribution is 0.100. The number of hydrogen-bond donors (Lipinski definition) is 1. The molecule has 1 aromatic carbocycles. The number of hydrogen-bond acceptors (Lipinski definition) is 1. The van der Waals surface area contributed by atoms with Gasteiger partial charge in [-0.3, -0.25) is 4.79 Å². The smallest absolute Gasteiger partial charge is 0.250 e. The van der Waals surface area contributed by atoms with Crippen molar-refractivity contribution in [1.29, 1.82) is 0 Å². The average Bonchev–Trinajstić information content (AvgIpc) is 2.71. The Morgan fingerprint density at radius 3 is 2.60 bits per heavy atom. The molecule has 0 aromatic heterocycles. The van der Waals surface area contributed by atoms with Crippen molar-refractivity contribution in [2.75, 3.05) is 0 Å². The molecule has 0 radical (unpaired) electrons. The third kappa shape index (κ3) is 2.15. The first-order valence-electron chi connectivity index (χ1n) is 5.27. The van der Waals surface area contributed by atoms with Crippen LogP contribution >= 0.6 is 11.6 Å². The fraction of sp³-hybridized carbons (Fsp3) is 0.417. The van der Waals surface area contributed by atoms with Crippen LogP contribution in [0.1, 0.15) is 47.5 Å². The highest BCUT2D eigenvalue weighted by Gasteiger charge is 2.18. The Morgan fingerprint density at radius 2 is 2.00 bits per heavy atom. The molecule has 1 amide bonds. The first kappa shape index (κ1) is 10.5. The van der Waals surface area contributed by atoms with Gasteiger partial charge in [-0.05, 0) is 36.5 Å². The van der Waals surface area contributed by atoms with Crippen molar-refractivity contribution in [3.8, 4) is 0 Å². The van der Waals surface area contributed by atoms with Gasteiger partial charge in [0.1, 0.15) is 0 Å². The minimum Gasteiger partial charge on any atom is -0.366 e. The fourth-order valence-electron chi connectivity index (χ4n) is 2.24. The molecule has 2 N–H and O–H groups in total. The molecule has 3 heteroatoms. The van der Waals surface area contributed by atoms with E-state index >= 15 is 0 Å².